The molecule has 0 aliphatic rings. The Morgan fingerprint density at radius 3 is 2.82 bits per heavy atom. The molecule has 0 amide bonds. The molecular weight excluding hydrogens is 236 g/mol. The standard InChI is InChI=1S/C13H13ClN2O/c1-2-5-10-12(15-8-16-13(10)17)9-6-3-4-7-11(9)14/h3-4,6-8H,2,5H2,1H3,(H,15,16,17). The van der Waals surface area contributed by atoms with Gasteiger partial charge in [-0.1, -0.05) is 43.1 Å². The molecule has 1 heterocycles. The fraction of sp³-hybridized carbons (Fsp3) is 0.231. The molecule has 3 nitrogen and oxygen atoms in total. The Balaban J connectivity index is 2.63. The summed E-state index contributed by atoms with van der Waals surface area (Å²) in [6.45, 7) is 2.03. The van der Waals surface area contributed by atoms with Crippen molar-refractivity contribution in [1.82, 2.24) is 9.97 Å². The van der Waals surface area contributed by atoms with Gasteiger partial charge in [0.1, 0.15) is 0 Å². The van der Waals surface area contributed by atoms with Crippen LogP contribution >= 0.6 is 11.6 Å². The maximum atomic E-state index is 11.8. The van der Waals surface area contributed by atoms with Gasteiger partial charge in [0.2, 0.25) is 0 Å². The molecule has 0 bridgehead atoms. The fourth-order valence-corrected chi connectivity index (χ4v) is 2.02. The van der Waals surface area contributed by atoms with Gasteiger partial charge >= 0.3 is 0 Å². The number of nitrogens with zero attached hydrogens (tertiary/aromatic N) is 1. The number of rotatable bonds is 3. The van der Waals surface area contributed by atoms with Crippen LogP contribution in [0.25, 0.3) is 11.3 Å². The van der Waals surface area contributed by atoms with E-state index in [2.05, 4.69) is 9.97 Å². The van der Waals surface area contributed by atoms with Gasteiger partial charge in [-0.05, 0) is 12.5 Å². The van der Waals surface area contributed by atoms with E-state index < -0.39 is 0 Å². The third kappa shape index (κ3) is 2.39. The van der Waals surface area contributed by atoms with E-state index in [1.807, 2.05) is 25.1 Å². The maximum absolute atomic E-state index is 11.8. The van der Waals surface area contributed by atoms with Crippen LogP contribution < -0.4 is 5.56 Å². The summed E-state index contributed by atoms with van der Waals surface area (Å²) in [5, 5.41) is 0.614. The van der Waals surface area contributed by atoms with Crippen molar-refractivity contribution in [3.63, 3.8) is 0 Å². The second-order valence-corrected chi connectivity index (χ2v) is 4.20. The van der Waals surface area contributed by atoms with Crippen molar-refractivity contribution >= 4 is 11.6 Å². The number of benzene rings is 1. The number of H-pyrrole nitrogens is 1. The summed E-state index contributed by atoms with van der Waals surface area (Å²) in [4.78, 5) is 18.6. The maximum Gasteiger partial charge on any atom is 0.254 e. The third-order valence-electron chi connectivity index (χ3n) is 2.58. The van der Waals surface area contributed by atoms with Crippen molar-refractivity contribution in [2.75, 3.05) is 0 Å². The summed E-state index contributed by atoms with van der Waals surface area (Å²) in [7, 11) is 0. The van der Waals surface area contributed by atoms with Crippen molar-refractivity contribution in [1.29, 1.82) is 0 Å². The molecule has 0 atom stereocenters. The smallest absolute Gasteiger partial charge is 0.254 e. The Bertz CT molecular complexity index is 578. The van der Waals surface area contributed by atoms with E-state index in [1.165, 1.54) is 6.33 Å². The summed E-state index contributed by atoms with van der Waals surface area (Å²) < 4.78 is 0. The zero-order valence-corrected chi connectivity index (χ0v) is 10.3. The second kappa shape index (κ2) is 5.15. The monoisotopic (exact) mass is 248 g/mol. The molecule has 88 valence electrons. The first-order chi connectivity index (χ1) is 8.24. The van der Waals surface area contributed by atoms with Crippen LogP contribution in [0.3, 0.4) is 0 Å². The van der Waals surface area contributed by atoms with E-state index in [1.54, 1.807) is 6.07 Å². The predicted molar refractivity (Wildman–Crippen MR) is 69.3 cm³/mol. The first-order valence-electron chi connectivity index (χ1n) is 5.55. The Labute approximate surface area is 104 Å². The lowest BCUT2D eigenvalue weighted by atomic mass is 10.0. The highest BCUT2D eigenvalue weighted by atomic mass is 35.5. The molecule has 1 aromatic heterocycles. The van der Waals surface area contributed by atoms with Crippen LogP contribution in [0.2, 0.25) is 5.02 Å². The van der Waals surface area contributed by atoms with E-state index in [9.17, 15) is 4.79 Å². The van der Waals surface area contributed by atoms with E-state index in [-0.39, 0.29) is 5.56 Å². The van der Waals surface area contributed by atoms with Gasteiger partial charge in [-0.25, -0.2) is 4.98 Å². The van der Waals surface area contributed by atoms with E-state index in [0.29, 0.717) is 22.7 Å². The number of halogens is 1. The van der Waals surface area contributed by atoms with Crippen molar-refractivity contribution < 1.29 is 0 Å². The van der Waals surface area contributed by atoms with E-state index in [4.69, 9.17) is 11.6 Å². The van der Waals surface area contributed by atoms with Gasteiger partial charge in [0.25, 0.3) is 5.56 Å². The molecule has 1 aromatic carbocycles. The normalized spacial score (nSPS) is 10.5. The van der Waals surface area contributed by atoms with Crippen LogP contribution in [0.1, 0.15) is 18.9 Å². The highest BCUT2D eigenvalue weighted by molar-refractivity contribution is 6.33. The lowest BCUT2D eigenvalue weighted by molar-refractivity contribution is 0.888. The average Bonchev–Trinajstić information content (AvgIpc) is 2.33. The van der Waals surface area contributed by atoms with Crippen LogP contribution in [0.5, 0.6) is 0 Å². The Morgan fingerprint density at radius 2 is 2.12 bits per heavy atom. The number of hydrogen-bond donors (Lipinski definition) is 1. The molecule has 0 fully saturated rings. The topological polar surface area (TPSA) is 45.8 Å². The van der Waals surface area contributed by atoms with Gasteiger partial charge in [0, 0.05) is 16.1 Å². The summed E-state index contributed by atoms with van der Waals surface area (Å²) in [6, 6.07) is 7.43. The zero-order chi connectivity index (χ0) is 12.3. The SMILES string of the molecule is CCCc1c(-c2ccccc2Cl)nc[nH]c1=O. The van der Waals surface area contributed by atoms with Crippen molar-refractivity contribution in [3.05, 3.63) is 51.5 Å². The lowest BCUT2D eigenvalue weighted by Gasteiger charge is -2.07. The van der Waals surface area contributed by atoms with Crippen LogP contribution in [-0.4, -0.2) is 9.97 Å². The molecule has 0 radical (unpaired) electrons. The molecule has 4 heteroatoms. The summed E-state index contributed by atoms with van der Waals surface area (Å²) >= 11 is 6.13. The highest BCUT2D eigenvalue weighted by Gasteiger charge is 2.12. The van der Waals surface area contributed by atoms with Crippen LogP contribution in [0.15, 0.2) is 35.4 Å². The molecule has 1 N–H and O–H groups in total. The van der Waals surface area contributed by atoms with Gasteiger partial charge in [-0.2, -0.15) is 0 Å². The molecule has 0 aliphatic heterocycles. The molecule has 0 saturated heterocycles. The number of hydrogen-bond acceptors (Lipinski definition) is 2. The number of aromatic amines is 1. The van der Waals surface area contributed by atoms with Gasteiger partial charge in [-0.15, -0.1) is 0 Å². The van der Waals surface area contributed by atoms with Crippen LogP contribution in [0, 0.1) is 0 Å². The molecule has 0 aliphatic carbocycles. The van der Waals surface area contributed by atoms with Gasteiger partial charge in [0.15, 0.2) is 0 Å². The lowest BCUT2D eigenvalue weighted by Crippen LogP contribution is -2.14. The van der Waals surface area contributed by atoms with E-state index >= 15 is 0 Å². The van der Waals surface area contributed by atoms with E-state index in [0.717, 1.165) is 12.0 Å². The first kappa shape index (κ1) is 11.9. The van der Waals surface area contributed by atoms with Gasteiger partial charge in [0.05, 0.1) is 12.0 Å². The summed E-state index contributed by atoms with van der Waals surface area (Å²) in [6.07, 6.45) is 3.01. The number of aromatic nitrogens is 2. The van der Waals surface area contributed by atoms with Crippen LogP contribution in [-0.2, 0) is 6.42 Å². The first-order valence-corrected chi connectivity index (χ1v) is 5.93. The molecule has 2 aromatic rings. The molecule has 0 unspecified atom stereocenters. The minimum Gasteiger partial charge on any atom is -0.313 e. The summed E-state index contributed by atoms with van der Waals surface area (Å²) in [5.74, 6) is 0. The quantitative estimate of drug-likeness (QED) is 0.908. The fourth-order valence-electron chi connectivity index (χ4n) is 1.80. The minimum atomic E-state index is -0.0863. The minimum absolute atomic E-state index is 0.0863. The Hall–Kier alpha value is -1.61. The van der Waals surface area contributed by atoms with Gasteiger partial charge < -0.3 is 4.98 Å². The molecule has 2 rings (SSSR count). The third-order valence-corrected chi connectivity index (χ3v) is 2.91. The summed E-state index contributed by atoms with van der Waals surface area (Å²) in [5.41, 5.74) is 2.10. The zero-order valence-electron chi connectivity index (χ0n) is 9.53. The largest absolute Gasteiger partial charge is 0.313 e. The van der Waals surface area contributed by atoms with Crippen molar-refractivity contribution in [2.24, 2.45) is 0 Å². The number of nitrogens with one attached hydrogen (secondary N) is 1. The van der Waals surface area contributed by atoms with Crippen molar-refractivity contribution in [2.45, 2.75) is 19.8 Å². The van der Waals surface area contributed by atoms with Crippen LogP contribution in [0.4, 0.5) is 0 Å². The Morgan fingerprint density at radius 1 is 1.35 bits per heavy atom. The highest BCUT2D eigenvalue weighted by Crippen LogP contribution is 2.27. The molecule has 0 spiro atoms. The van der Waals surface area contributed by atoms with Crippen molar-refractivity contribution in [3.8, 4) is 11.3 Å². The Kier molecular flexibility index (Phi) is 3.59. The molecule has 17 heavy (non-hydrogen) atoms. The molecular formula is C13H13ClN2O. The van der Waals surface area contributed by atoms with Gasteiger partial charge in [-0.3, -0.25) is 4.79 Å². The average molecular weight is 249 g/mol. The molecule has 0 saturated carbocycles. The second-order valence-electron chi connectivity index (χ2n) is 3.79. The predicted octanol–water partition coefficient (Wildman–Crippen LogP) is 3.04.